The molecule has 1 amide bonds. The fraction of sp³-hybridized carbons (Fsp3) is 0.207. The standard InChI is InChI=1S/C29H26ClNO5/c1-29(2,3)20-12-8-17(9-13-20)24-23(25(32)18-10-14-21(30)15-11-18)26(33)27(34)31(24)22-7-5-6-19(16-22)28(35)36-4/h5-16,24,32H,1-4H3/b25-23+. The number of carbonyl (C=O) groups excluding carboxylic acids is 3. The van der Waals surface area contributed by atoms with E-state index in [1.807, 2.05) is 24.3 Å². The third-order valence-corrected chi connectivity index (χ3v) is 6.45. The predicted molar refractivity (Wildman–Crippen MR) is 139 cm³/mol. The number of rotatable bonds is 4. The molecule has 1 aliphatic rings. The number of ketones is 1. The molecule has 1 unspecified atom stereocenters. The number of ether oxygens (including phenoxy) is 1. The number of benzene rings is 3. The number of Topliss-reactive ketones (excluding diaryl/α,β-unsaturated/α-hetero) is 1. The number of carbonyl (C=O) groups is 3. The van der Waals surface area contributed by atoms with Crippen molar-refractivity contribution in [1.82, 2.24) is 0 Å². The maximum absolute atomic E-state index is 13.4. The highest BCUT2D eigenvalue weighted by Gasteiger charge is 2.47. The maximum Gasteiger partial charge on any atom is 0.337 e. The average molecular weight is 504 g/mol. The lowest BCUT2D eigenvalue weighted by molar-refractivity contribution is -0.132. The molecule has 1 atom stereocenters. The molecule has 0 radical (unpaired) electrons. The first-order valence-corrected chi connectivity index (χ1v) is 11.8. The number of nitrogens with zero attached hydrogens (tertiary/aromatic N) is 1. The number of halogens is 1. The van der Waals surface area contributed by atoms with Crippen molar-refractivity contribution >= 4 is 40.7 Å². The molecule has 0 saturated carbocycles. The summed E-state index contributed by atoms with van der Waals surface area (Å²) in [6.45, 7) is 6.27. The van der Waals surface area contributed by atoms with Crippen LogP contribution in [0.25, 0.3) is 5.76 Å². The summed E-state index contributed by atoms with van der Waals surface area (Å²) in [5.74, 6) is -2.50. The van der Waals surface area contributed by atoms with Crippen LogP contribution in [0, 0.1) is 0 Å². The molecule has 0 bridgehead atoms. The first-order valence-electron chi connectivity index (χ1n) is 11.4. The van der Waals surface area contributed by atoms with Gasteiger partial charge in [-0.05, 0) is 59.0 Å². The van der Waals surface area contributed by atoms with E-state index in [9.17, 15) is 19.5 Å². The number of amides is 1. The van der Waals surface area contributed by atoms with Crippen LogP contribution in [0.1, 0.15) is 53.9 Å². The predicted octanol–water partition coefficient (Wildman–Crippen LogP) is 6.05. The topological polar surface area (TPSA) is 83.9 Å². The lowest BCUT2D eigenvalue weighted by Gasteiger charge is -2.27. The van der Waals surface area contributed by atoms with Crippen LogP contribution in [0.5, 0.6) is 0 Å². The van der Waals surface area contributed by atoms with Gasteiger partial charge in [-0.1, -0.05) is 62.7 Å². The summed E-state index contributed by atoms with van der Waals surface area (Å²) < 4.78 is 4.82. The van der Waals surface area contributed by atoms with Gasteiger partial charge in [0.05, 0.1) is 24.3 Å². The molecule has 6 nitrogen and oxygen atoms in total. The Kier molecular flexibility index (Phi) is 6.74. The van der Waals surface area contributed by atoms with E-state index in [1.54, 1.807) is 42.5 Å². The van der Waals surface area contributed by atoms with Gasteiger partial charge >= 0.3 is 5.97 Å². The fourth-order valence-corrected chi connectivity index (χ4v) is 4.37. The van der Waals surface area contributed by atoms with Crippen LogP contribution in [0.3, 0.4) is 0 Å². The van der Waals surface area contributed by atoms with Crippen molar-refractivity contribution in [3.05, 3.63) is 106 Å². The molecule has 1 saturated heterocycles. The Hall–Kier alpha value is -3.90. The maximum atomic E-state index is 13.4. The van der Waals surface area contributed by atoms with Crippen LogP contribution in [-0.2, 0) is 19.7 Å². The molecule has 0 aliphatic carbocycles. The summed E-state index contributed by atoms with van der Waals surface area (Å²) in [5, 5.41) is 11.7. The Morgan fingerprint density at radius 2 is 1.58 bits per heavy atom. The lowest BCUT2D eigenvalue weighted by Crippen LogP contribution is -2.29. The van der Waals surface area contributed by atoms with Gasteiger partial charge in [0, 0.05) is 16.3 Å². The second-order valence-electron chi connectivity index (χ2n) is 9.59. The molecule has 3 aromatic carbocycles. The Labute approximate surface area is 214 Å². The van der Waals surface area contributed by atoms with Crippen molar-refractivity contribution < 1.29 is 24.2 Å². The van der Waals surface area contributed by atoms with E-state index < -0.39 is 23.7 Å². The molecule has 184 valence electrons. The zero-order chi connectivity index (χ0) is 26.2. The molecule has 0 spiro atoms. The number of esters is 1. The summed E-state index contributed by atoms with van der Waals surface area (Å²) in [6, 6.07) is 19.4. The number of methoxy groups -OCH3 is 1. The van der Waals surface area contributed by atoms with Crippen LogP contribution in [0.2, 0.25) is 5.02 Å². The summed E-state index contributed by atoms with van der Waals surface area (Å²) in [5.41, 5.74) is 2.50. The van der Waals surface area contributed by atoms with Gasteiger partial charge in [0.15, 0.2) is 0 Å². The normalized spacial score (nSPS) is 17.4. The zero-order valence-corrected chi connectivity index (χ0v) is 21.2. The van der Waals surface area contributed by atoms with Gasteiger partial charge in [0.1, 0.15) is 5.76 Å². The molecule has 1 heterocycles. The molecule has 1 aliphatic heterocycles. The van der Waals surface area contributed by atoms with E-state index in [1.165, 1.54) is 18.1 Å². The second-order valence-corrected chi connectivity index (χ2v) is 10.0. The van der Waals surface area contributed by atoms with Gasteiger partial charge in [-0.15, -0.1) is 0 Å². The molecule has 0 aromatic heterocycles. The third-order valence-electron chi connectivity index (χ3n) is 6.20. The first-order chi connectivity index (χ1) is 17.0. The third kappa shape index (κ3) is 4.64. The molecule has 7 heteroatoms. The van der Waals surface area contributed by atoms with Crippen molar-refractivity contribution in [2.24, 2.45) is 0 Å². The number of hydrogen-bond donors (Lipinski definition) is 1. The van der Waals surface area contributed by atoms with E-state index in [4.69, 9.17) is 16.3 Å². The van der Waals surface area contributed by atoms with E-state index in [0.29, 0.717) is 21.8 Å². The van der Waals surface area contributed by atoms with Crippen LogP contribution in [0.4, 0.5) is 5.69 Å². The van der Waals surface area contributed by atoms with Crippen molar-refractivity contribution in [1.29, 1.82) is 0 Å². The smallest absolute Gasteiger partial charge is 0.337 e. The van der Waals surface area contributed by atoms with Crippen LogP contribution < -0.4 is 4.90 Å². The highest BCUT2D eigenvalue weighted by atomic mass is 35.5. The van der Waals surface area contributed by atoms with Crippen molar-refractivity contribution in [3.63, 3.8) is 0 Å². The number of hydrogen-bond acceptors (Lipinski definition) is 5. The molecular formula is C29H26ClNO5. The van der Waals surface area contributed by atoms with Gasteiger partial charge in [0.2, 0.25) is 0 Å². The van der Waals surface area contributed by atoms with E-state index in [0.717, 1.165) is 5.56 Å². The SMILES string of the molecule is COC(=O)c1cccc(N2C(=O)C(=O)/C(=C(/O)c3ccc(Cl)cc3)C2c2ccc(C(C)(C)C)cc2)c1. The fourth-order valence-electron chi connectivity index (χ4n) is 4.24. The first kappa shape index (κ1) is 25.2. The van der Waals surface area contributed by atoms with Gasteiger partial charge in [-0.25, -0.2) is 4.79 Å². The van der Waals surface area contributed by atoms with Gasteiger partial charge in [-0.3, -0.25) is 14.5 Å². The Morgan fingerprint density at radius 3 is 2.17 bits per heavy atom. The molecule has 4 rings (SSSR count). The number of aliphatic hydroxyl groups is 1. The van der Waals surface area contributed by atoms with Crippen LogP contribution >= 0.6 is 11.6 Å². The molecular weight excluding hydrogens is 478 g/mol. The Balaban J connectivity index is 1.93. The minimum absolute atomic E-state index is 0.0469. The zero-order valence-electron chi connectivity index (χ0n) is 20.4. The van der Waals surface area contributed by atoms with E-state index in [2.05, 4.69) is 20.8 Å². The molecule has 1 fully saturated rings. The van der Waals surface area contributed by atoms with Gasteiger partial charge in [0.25, 0.3) is 11.7 Å². The summed E-state index contributed by atoms with van der Waals surface area (Å²) in [4.78, 5) is 40.1. The van der Waals surface area contributed by atoms with Gasteiger partial charge < -0.3 is 9.84 Å². The van der Waals surface area contributed by atoms with Crippen molar-refractivity contribution in [2.75, 3.05) is 12.0 Å². The highest BCUT2D eigenvalue weighted by molar-refractivity contribution is 6.51. The van der Waals surface area contributed by atoms with Crippen LogP contribution in [0.15, 0.2) is 78.4 Å². The highest BCUT2D eigenvalue weighted by Crippen LogP contribution is 2.42. The summed E-state index contributed by atoms with van der Waals surface area (Å²) >= 11 is 5.99. The van der Waals surface area contributed by atoms with Gasteiger partial charge in [-0.2, -0.15) is 0 Å². The van der Waals surface area contributed by atoms with Crippen LogP contribution in [-0.4, -0.2) is 29.9 Å². The number of aliphatic hydroxyl groups excluding tert-OH is 1. The quantitative estimate of drug-likeness (QED) is 0.203. The lowest BCUT2D eigenvalue weighted by atomic mass is 9.85. The van der Waals surface area contributed by atoms with E-state index in [-0.39, 0.29) is 22.3 Å². The largest absolute Gasteiger partial charge is 0.507 e. The Bertz CT molecular complexity index is 1370. The monoisotopic (exact) mass is 503 g/mol. The minimum Gasteiger partial charge on any atom is -0.507 e. The van der Waals surface area contributed by atoms with Crippen molar-refractivity contribution in [3.8, 4) is 0 Å². The summed E-state index contributed by atoms with van der Waals surface area (Å²) in [6.07, 6.45) is 0. The molecule has 36 heavy (non-hydrogen) atoms. The Morgan fingerprint density at radius 1 is 0.944 bits per heavy atom. The second kappa shape index (κ2) is 9.63. The molecule has 3 aromatic rings. The number of anilines is 1. The van der Waals surface area contributed by atoms with Crippen molar-refractivity contribution in [2.45, 2.75) is 32.2 Å². The molecule has 1 N–H and O–H groups in total. The minimum atomic E-state index is -0.914. The van der Waals surface area contributed by atoms with E-state index >= 15 is 0 Å². The summed E-state index contributed by atoms with van der Waals surface area (Å²) in [7, 11) is 1.27. The average Bonchev–Trinajstić information content (AvgIpc) is 3.13.